The van der Waals surface area contributed by atoms with Gasteiger partial charge in [-0.1, -0.05) is 17.7 Å². The van der Waals surface area contributed by atoms with E-state index in [-0.39, 0.29) is 40.9 Å². The molecule has 3 atom stereocenters. The molecule has 15 heteroatoms. The number of hydrogen-bond donors (Lipinski definition) is 1. The first-order valence-corrected chi connectivity index (χ1v) is 14.1. The highest BCUT2D eigenvalue weighted by Gasteiger charge is 2.37. The Morgan fingerprint density at radius 3 is 2.58 bits per heavy atom. The van der Waals surface area contributed by atoms with E-state index in [9.17, 15) is 17.2 Å². The normalized spacial score (nSPS) is 16.4. The van der Waals surface area contributed by atoms with Crippen molar-refractivity contribution >= 4 is 27.6 Å². The zero-order chi connectivity index (χ0) is 28.6. The quantitative estimate of drug-likeness (QED) is 0.317. The largest absolute Gasteiger partial charge is 0.489 e. The second kappa shape index (κ2) is 11.0. The van der Waals surface area contributed by atoms with Crippen molar-refractivity contribution in [3.8, 4) is 17.1 Å². The molecule has 210 valence electrons. The Morgan fingerprint density at radius 2 is 1.88 bits per heavy atom. The number of benzene rings is 1. The van der Waals surface area contributed by atoms with Gasteiger partial charge in [0.05, 0.1) is 22.9 Å². The third-order valence-corrected chi connectivity index (χ3v) is 8.10. The molecular formula is C25H24ClF2N7O4S. The molecule has 0 saturated heterocycles. The van der Waals surface area contributed by atoms with E-state index in [4.69, 9.17) is 21.1 Å². The van der Waals surface area contributed by atoms with Crippen molar-refractivity contribution in [2.45, 2.75) is 44.3 Å². The number of aromatic nitrogens is 6. The van der Waals surface area contributed by atoms with Gasteiger partial charge in [-0.25, -0.2) is 27.2 Å². The van der Waals surface area contributed by atoms with E-state index in [1.807, 2.05) is 0 Å². The van der Waals surface area contributed by atoms with Crippen LogP contribution in [-0.4, -0.2) is 56.1 Å². The smallest absolute Gasteiger partial charge is 0.240 e. The lowest BCUT2D eigenvalue weighted by atomic mass is 10.1. The Bertz CT molecular complexity index is 1640. The average Bonchev–Trinajstić information content (AvgIpc) is 3.23. The van der Waals surface area contributed by atoms with Gasteiger partial charge in [-0.05, 0) is 32.9 Å². The highest BCUT2D eigenvalue weighted by Crippen LogP contribution is 2.39. The molecule has 2 unspecified atom stereocenters. The van der Waals surface area contributed by atoms with Crippen LogP contribution in [0.2, 0.25) is 5.02 Å². The molecule has 1 aliphatic heterocycles. The SMILES string of the molecule is CC(C)OC(c1ncc(Cl)cn1)C(C)S(=O)(=O)Nc1nnc2n1[C@H](c1ccc(F)cc1F)COc1cnccc1-2. The first kappa shape index (κ1) is 27.8. The number of fused-ring (bicyclic) bond motifs is 3. The summed E-state index contributed by atoms with van der Waals surface area (Å²) in [5.74, 6) is -1.15. The Labute approximate surface area is 233 Å². The van der Waals surface area contributed by atoms with Crippen LogP contribution >= 0.6 is 11.6 Å². The minimum absolute atomic E-state index is 0.0484. The fourth-order valence-corrected chi connectivity index (χ4v) is 5.48. The van der Waals surface area contributed by atoms with Gasteiger partial charge in [-0.2, -0.15) is 0 Å². The monoisotopic (exact) mass is 591 g/mol. The summed E-state index contributed by atoms with van der Waals surface area (Å²) in [7, 11) is -4.25. The summed E-state index contributed by atoms with van der Waals surface area (Å²) in [5, 5.41) is 7.35. The number of nitrogens with one attached hydrogen (secondary N) is 1. The van der Waals surface area contributed by atoms with Gasteiger partial charge in [0.2, 0.25) is 16.0 Å². The lowest BCUT2D eigenvalue weighted by Crippen LogP contribution is -2.35. The predicted molar refractivity (Wildman–Crippen MR) is 141 cm³/mol. The molecule has 4 heterocycles. The second-order valence-electron chi connectivity index (χ2n) is 9.30. The zero-order valence-corrected chi connectivity index (χ0v) is 23.1. The molecule has 0 amide bonds. The summed E-state index contributed by atoms with van der Waals surface area (Å²) in [6.07, 6.45) is 4.23. The maximum absolute atomic E-state index is 15.0. The van der Waals surface area contributed by atoms with Crippen LogP contribution in [0.4, 0.5) is 14.7 Å². The number of ether oxygens (including phenoxy) is 2. The molecule has 0 bridgehead atoms. The molecule has 3 aromatic heterocycles. The van der Waals surface area contributed by atoms with E-state index >= 15 is 0 Å². The van der Waals surface area contributed by atoms with Crippen LogP contribution in [-0.2, 0) is 14.8 Å². The van der Waals surface area contributed by atoms with Crippen molar-refractivity contribution < 1.29 is 26.7 Å². The van der Waals surface area contributed by atoms with Crippen molar-refractivity contribution in [2.75, 3.05) is 11.3 Å². The molecule has 0 radical (unpaired) electrons. The molecular weight excluding hydrogens is 568 g/mol. The van der Waals surface area contributed by atoms with Crippen LogP contribution in [0.25, 0.3) is 11.4 Å². The van der Waals surface area contributed by atoms with Crippen molar-refractivity contribution in [1.82, 2.24) is 29.7 Å². The van der Waals surface area contributed by atoms with Crippen LogP contribution in [0.1, 0.15) is 44.3 Å². The fraction of sp³-hybridized carbons (Fsp3) is 0.320. The Morgan fingerprint density at radius 1 is 1.12 bits per heavy atom. The summed E-state index contributed by atoms with van der Waals surface area (Å²) in [6.45, 7) is 4.80. The van der Waals surface area contributed by atoms with E-state index in [0.717, 1.165) is 12.1 Å². The highest BCUT2D eigenvalue weighted by atomic mass is 35.5. The summed E-state index contributed by atoms with van der Waals surface area (Å²) in [4.78, 5) is 12.4. The number of sulfonamides is 1. The maximum atomic E-state index is 15.0. The van der Waals surface area contributed by atoms with Crippen LogP contribution in [0.5, 0.6) is 5.75 Å². The number of rotatable bonds is 8. The van der Waals surface area contributed by atoms with Gasteiger partial charge in [-0.3, -0.25) is 14.3 Å². The van der Waals surface area contributed by atoms with Crippen molar-refractivity contribution in [1.29, 1.82) is 0 Å². The molecule has 5 rings (SSSR count). The van der Waals surface area contributed by atoms with E-state index in [2.05, 4.69) is 29.9 Å². The highest BCUT2D eigenvalue weighted by molar-refractivity contribution is 7.93. The summed E-state index contributed by atoms with van der Waals surface area (Å²) < 4.78 is 71.8. The first-order valence-electron chi connectivity index (χ1n) is 12.2. The molecule has 0 fully saturated rings. The number of pyridine rings is 1. The van der Waals surface area contributed by atoms with Crippen molar-refractivity contribution in [3.63, 3.8) is 0 Å². The van der Waals surface area contributed by atoms with Crippen LogP contribution < -0.4 is 9.46 Å². The Kier molecular flexibility index (Phi) is 7.66. The fourth-order valence-electron chi connectivity index (χ4n) is 4.29. The minimum atomic E-state index is -4.25. The van der Waals surface area contributed by atoms with Crippen molar-refractivity contribution in [3.05, 3.63) is 77.1 Å². The minimum Gasteiger partial charge on any atom is -0.489 e. The van der Waals surface area contributed by atoms with Gasteiger partial charge in [0.25, 0.3) is 0 Å². The molecule has 1 aromatic carbocycles. The van der Waals surface area contributed by atoms with E-state index in [1.165, 1.54) is 42.3 Å². The predicted octanol–water partition coefficient (Wildman–Crippen LogP) is 4.34. The van der Waals surface area contributed by atoms with Gasteiger partial charge < -0.3 is 9.47 Å². The van der Waals surface area contributed by atoms with E-state index < -0.39 is 39.1 Å². The van der Waals surface area contributed by atoms with Gasteiger partial charge in [0.1, 0.15) is 41.4 Å². The molecule has 4 aromatic rings. The van der Waals surface area contributed by atoms with Gasteiger partial charge >= 0.3 is 0 Å². The van der Waals surface area contributed by atoms with Gasteiger partial charge in [0.15, 0.2) is 11.6 Å². The number of halogens is 3. The number of nitrogens with zero attached hydrogens (tertiary/aromatic N) is 6. The molecule has 0 saturated carbocycles. The maximum Gasteiger partial charge on any atom is 0.240 e. The van der Waals surface area contributed by atoms with Crippen molar-refractivity contribution in [2.24, 2.45) is 0 Å². The zero-order valence-electron chi connectivity index (χ0n) is 21.5. The molecule has 1 aliphatic rings. The van der Waals surface area contributed by atoms with Gasteiger partial charge in [0, 0.05) is 30.2 Å². The molecule has 40 heavy (non-hydrogen) atoms. The second-order valence-corrected chi connectivity index (χ2v) is 11.8. The molecule has 1 N–H and O–H groups in total. The third-order valence-electron chi connectivity index (χ3n) is 6.21. The summed E-state index contributed by atoms with van der Waals surface area (Å²) in [6, 6.07) is 3.76. The summed E-state index contributed by atoms with van der Waals surface area (Å²) in [5.41, 5.74) is 0.508. The average molecular weight is 592 g/mol. The van der Waals surface area contributed by atoms with Crippen LogP contribution in [0.15, 0.2) is 49.1 Å². The lowest BCUT2D eigenvalue weighted by Gasteiger charge is -2.26. The molecule has 0 aliphatic carbocycles. The van der Waals surface area contributed by atoms with E-state index in [1.54, 1.807) is 19.9 Å². The lowest BCUT2D eigenvalue weighted by molar-refractivity contribution is 0.00154. The van der Waals surface area contributed by atoms with Crippen LogP contribution in [0, 0.1) is 11.6 Å². The molecule has 0 spiro atoms. The Hall–Kier alpha value is -3.75. The number of anilines is 1. The van der Waals surface area contributed by atoms with E-state index in [0.29, 0.717) is 11.3 Å². The van der Waals surface area contributed by atoms with Gasteiger partial charge in [-0.15, -0.1) is 10.2 Å². The topological polar surface area (TPSA) is 134 Å². The summed E-state index contributed by atoms with van der Waals surface area (Å²) >= 11 is 5.91. The molecule has 11 nitrogen and oxygen atoms in total. The standard InChI is InChI=1S/C25H24ClF2N7O4S/c1-13(2)39-22(23-30-9-15(26)10-31-23)14(3)40(36,37)34-25-33-32-24-18-6-7-29-11-21(18)38-12-20(35(24)25)17-5-4-16(27)8-19(17)28/h4-11,13-14,20,22H,12H2,1-3H3,(H,33,34)/t14?,20-,22?/m0/s1. The third kappa shape index (κ3) is 5.46. The number of hydrogen-bond acceptors (Lipinski definition) is 9. The first-order chi connectivity index (χ1) is 19.0. The Balaban J connectivity index is 1.58. The van der Waals surface area contributed by atoms with Crippen LogP contribution in [0.3, 0.4) is 0 Å².